The maximum atomic E-state index is 13.4. The summed E-state index contributed by atoms with van der Waals surface area (Å²) in [5.41, 5.74) is 0.154. The molecule has 0 N–H and O–H groups in total. The minimum absolute atomic E-state index is 0.312. The molecule has 1 aromatic rings. The molecule has 0 aliphatic heterocycles. The smallest absolute Gasteiger partial charge is 0.130 e. The van der Waals surface area contributed by atoms with Gasteiger partial charge in [-0.1, -0.05) is 19.3 Å². The summed E-state index contributed by atoms with van der Waals surface area (Å²) in [5.74, 6) is 0.299. The molecule has 1 fully saturated rings. The molecular weight excluding hydrogens is 219 g/mol. The maximum Gasteiger partial charge on any atom is 0.130 e. The molecule has 0 aromatic heterocycles. The molecular formula is C14H17FO2. The number of rotatable bonds is 3. The molecule has 2 nitrogen and oxygen atoms in total. The van der Waals surface area contributed by atoms with Crippen molar-refractivity contribution in [2.24, 2.45) is 0 Å². The molecule has 2 rings (SSSR count). The lowest BCUT2D eigenvalue weighted by Crippen LogP contribution is -2.31. The van der Waals surface area contributed by atoms with Gasteiger partial charge in [-0.05, 0) is 31.0 Å². The minimum Gasteiger partial charge on any atom is -0.496 e. The van der Waals surface area contributed by atoms with Gasteiger partial charge in [0.2, 0.25) is 0 Å². The van der Waals surface area contributed by atoms with Gasteiger partial charge in [0, 0.05) is 5.56 Å². The number of ether oxygens (including phenoxy) is 1. The third-order valence-electron chi connectivity index (χ3n) is 3.67. The van der Waals surface area contributed by atoms with Crippen molar-refractivity contribution in [1.29, 1.82) is 0 Å². The average molecular weight is 236 g/mol. The Kier molecular flexibility index (Phi) is 3.46. The van der Waals surface area contributed by atoms with Crippen LogP contribution in [0.5, 0.6) is 5.75 Å². The van der Waals surface area contributed by atoms with Crippen molar-refractivity contribution in [1.82, 2.24) is 0 Å². The van der Waals surface area contributed by atoms with Gasteiger partial charge >= 0.3 is 0 Å². The summed E-state index contributed by atoms with van der Waals surface area (Å²) in [6, 6.07) is 4.41. The molecule has 92 valence electrons. The van der Waals surface area contributed by atoms with E-state index in [4.69, 9.17) is 4.74 Å². The highest BCUT2D eigenvalue weighted by atomic mass is 19.1. The fourth-order valence-electron chi connectivity index (χ4n) is 2.70. The first kappa shape index (κ1) is 12.1. The molecule has 0 amide bonds. The molecule has 3 heteroatoms. The monoisotopic (exact) mass is 236 g/mol. The van der Waals surface area contributed by atoms with Crippen LogP contribution in [0.25, 0.3) is 0 Å². The highest BCUT2D eigenvalue weighted by Crippen LogP contribution is 2.42. The number of methoxy groups -OCH3 is 1. The molecule has 17 heavy (non-hydrogen) atoms. The number of halogens is 1. The first-order valence-corrected chi connectivity index (χ1v) is 6.02. The molecule has 1 aliphatic rings. The van der Waals surface area contributed by atoms with Crippen molar-refractivity contribution < 1.29 is 13.9 Å². The zero-order valence-electron chi connectivity index (χ0n) is 10.0. The van der Waals surface area contributed by atoms with Crippen LogP contribution in [0.4, 0.5) is 4.39 Å². The summed E-state index contributed by atoms with van der Waals surface area (Å²) in [6.45, 7) is 0. The molecule has 0 radical (unpaired) electrons. The third kappa shape index (κ3) is 2.19. The maximum absolute atomic E-state index is 13.4. The molecule has 1 aliphatic carbocycles. The predicted octanol–water partition coefficient (Wildman–Crippen LogP) is 3.24. The molecule has 0 spiro atoms. The van der Waals surface area contributed by atoms with E-state index in [9.17, 15) is 9.18 Å². The average Bonchev–Trinajstić information content (AvgIpc) is 2.39. The topological polar surface area (TPSA) is 26.3 Å². The Morgan fingerprint density at radius 2 is 2.00 bits per heavy atom. The largest absolute Gasteiger partial charge is 0.496 e. The van der Waals surface area contributed by atoms with E-state index in [0.29, 0.717) is 11.3 Å². The van der Waals surface area contributed by atoms with Gasteiger partial charge in [0.15, 0.2) is 0 Å². The van der Waals surface area contributed by atoms with Crippen molar-refractivity contribution in [2.75, 3.05) is 7.11 Å². The number of hydrogen-bond acceptors (Lipinski definition) is 2. The molecule has 0 unspecified atom stereocenters. The van der Waals surface area contributed by atoms with Crippen molar-refractivity contribution in [2.45, 2.75) is 37.5 Å². The zero-order valence-corrected chi connectivity index (χ0v) is 10.0. The normalized spacial score (nSPS) is 18.7. The van der Waals surface area contributed by atoms with E-state index in [1.165, 1.54) is 12.1 Å². The second-order valence-electron chi connectivity index (χ2n) is 4.68. The van der Waals surface area contributed by atoms with Gasteiger partial charge in [-0.25, -0.2) is 4.39 Å². The quantitative estimate of drug-likeness (QED) is 0.753. The van der Waals surface area contributed by atoms with E-state index < -0.39 is 5.41 Å². The van der Waals surface area contributed by atoms with Crippen LogP contribution in [0, 0.1) is 5.82 Å². The van der Waals surface area contributed by atoms with Gasteiger partial charge in [-0.3, -0.25) is 0 Å². The first-order valence-electron chi connectivity index (χ1n) is 6.02. The fourth-order valence-corrected chi connectivity index (χ4v) is 2.70. The molecule has 0 bridgehead atoms. The Morgan fingerprint density at radius 1 is 1.29 bits per heavy atom. The summed E-state index contributed by atoms with van der Waals surface area (Å²) in [5, 5.41) is 0. The fraction of sp³-hybridized carbons (Fsp3) is 0.500. The Hall–Kier alpha value is -1.38. The Balaban J connectivity index is 2.48. The SMILES string of the molecule is COc1ccc(F)cc1C1(C=O)CCCCC1. The summed E-state index contributed by atoms with van der Waals surface area (Å²) < 4.78 is 18.6. The van der Waals surface area contributed by atoms with E-state index in [1.807, 2.05) is 0 Å². The van der Waals surface area contributed by atoms with Crippen LogP contribution < -0.4 is 4.74 Å². The Labute approximate surface area is 101 Å². The van der Waals surface area contributed by atoms with E-state index >= 15 is 0 Å². The second kappa shape index (κ2) is 4.86. The standard InChI is InChI=1S/C14H17FO2/c1-17-13-6-5-11(15)9-12(13)14(10-16)7-3-2-4-8-14/h5-6,9-10H,2-4,7-8H2,1H3. The van der Waals surface area contributed by atoms with Crippen LogP contribution in [0.15, 0.2) is 18.2 Å². The third-order valence-corrected chi connectivity index (χ3v) is 3.67. The summed E-state index contributed by atoms with van der Waals surface area (Å²) in [7, 11) is 1.55. The summed E-state index contributed by atoms with van der Waals surface area (Å²) >= 11 is 0. The van der Waals surface area contributed by atoms with Crippen LogP contribution in [-0.2, 0) is 10.2 Å². The number of benzene rings is 1. The summed E-state index contributed by atoms with van der Waals surface area (Å²) in [6.07, 6.45) is 5.72. The van der Waals surface area contributed by atoms with Crippen LogP contribution in [0.2, 0.25) is 0 Å². The number of aldehydes is 1. The van der Waals surface area contributed by atoms with E-state index in [0.717, 1.165) is 38.4 Å². The summed E-state index contributed by atoms with van der Waals surface area (Å²) in [4.78, 5) is 11.5. The molecule has 0 saturated heterocycles. The Morgan fingerprint density at radius 3 is 2.59 bits per heavy atom. The molecule has 1 saturated carbocycles. The van der Waals surface area contributed by atoms with E-state index in [1.54, 1.807) is 13.2 Å². The molecule has 0 atom stereocenters. The highest BCUT2D eigenvalue weighted by molar-refractivity contribution is 5.71. The van der Waals surface area contributed by atoms with Gasteiger partial charge in [-0.15, -0.1) is 0 Å². The lowest BCUT2D eigenvalue weighted by molar-refractivity contribution is -0.113. The van der Waals surface area contributed by atoms with Crippen molar-refractivity contribution >= 4 is 6.29 Å². The van der Waals surface area contributed by atoms with Gasteiger partial charge in [0.05, 0.1) is 12.5 Å². The van der Waals surface area contributed by atoms with Gasteiger partial charge in [0.25, 0.3) is 0 Å². The number of hydrogen-bond donors (Lipinski definition) is 0. The van der Waals surface area contributed by atoms with E-state index in [-0.39, 0.29) is 5.82 Å². The van der Waals surface area contributed by atoms with Gasteiger partial charge in [-0.2, -0.15) is 0 Å². The van der Waals surface area contributed by atoms with Crippen LogP contribution in [0.3, 0.4) is 0 Å². The number of carbonyl (C=O) groups excluding carboxylic acids is 1. The van der Waals surface area contributed by atoms with E-state index in [2.05, 4.69) is 0 Å². The molecule has 0 heterocycles. The lowest BCUT2D eigenvalue weighted by Gasteiger charge is -2.33. The second-order valence-corrected chi connectivity index (χ2v) is 4.68. The van der Waals surface area contributed by atoms with Gasteiger partial charge in [0.1, 0.15) is 17.9 Å². The van der Waals surface area contributed by atoms with Crippen molar-refractivity contribution in [3.8, 4) is 5.75 Å². The van der Waals surface area contributed by atoms with Crippen molar-refractivity contribution in [3.05, 3.63) is 29.6 Å². The Bertz CT molecular complexity index is 409. The van der Waals surface area contributed by atoms with Crippen LogP contribution in [-0.4, -0.2) is 13.4 Å². The minimum atomic E-state index is -0.550. The predicted molar refractivity (Wildman–Crippen MR) is 63.8 cm³/mol. The highest BCUT2D eigenvalue weighted by Gasteiger charge is 2.36. The zero-order chi connectivity index (χ0) is 12.3. The van der Waals surface area contributed by atoms with Crippen LogP contribution in [0.1, 0.15) is 37.7 Å². The van der Waals surface area contributed by atoms with Crippen LogP contribution >= 0.6 is 0 Å². The van der Waals surface area contributed by atoms with Gasteiger partial charge < -0.3 is 9.53 Å². The number of carbonyl (C=O) groups is 1. The lowest BCUT2D eigenvalue weighted by atomic mass is 9.70. The molecule has 1 aromatic carbocycles. The van der Waals surface area contributed by atoms with Crippen molar-refractivity contribution in [3.63, 3.8) is 0 Å². The first-order chi connectivity index (χ1) is 8.22.